The maximum absolute atomic E-state index is 5.21. The minimum atomic E-state index is 0.498. The second kappa shape index (κ2) is 4.96. The van der Waals surface area contributed by atoms with E-state index in [0.29, 0.717) is 11.5 Å². The Hall–Kier alpha value is -0.310. The number of hydrogen-bond acceptors (Lipinski definition) is 1. The molecule has 0 radical (unpaired) electrons. The fraction of sp³-hybridized carbons (Fsp3) is 0.909. The molecule has 0 amide bonds. The minimum absolute atomic E-state index is 0.498. The molecule has 3 heteroatoms. The molecule has 1 unspecified atom stereocenters. The van der Waals surface area contributed by atoms with Gasteiger partial charge in [0.25, 0.3) is 0 Å². The van der Waals surface area contributed by atoms with Crippen molar-refractivity contribution in [2.45, 2.75) is 52.5 Å². The average molecular weight is 214 g/mol. The van der Waals surface area contributed by atoms with Crippen LogP contribution in [0.15, 0.2) is 0 Å². The summed E-state index contributed by atoms with van der Waals surface area (Å²) >= 11 is 5.21. The van der Waals surface area contributed by atoms with Crippen molar-refractivity contribution < 1.29 is 0 Å². The molecular formula is C11H22N2S. The van der Waals surface area contributed by atoms with Gasteiger partial charge in [0.2, 0.25) is 0 Å². The first kappa shape index (κ1) is 11.8. The molecule has 1 saturated carbocycles. The van der Waals surface area contributed by atoms with Gasteiger partial charge in [-0.3, -0.25) is 0 Å². The smallest absolute Gasteiger partial charge is 0.166 e. The van der Waals surface area contributed by atoms with Crippen LogP contribution in [0.1, 0.15) is 46.5 Å². The van der Waals surface area contributed by atoms with Crippen LogP contribution in [-0.4, -0.2) is 17.7 Å². The lowest BCUT2D eigenvalue weighted by molar-refractivity contribution is 0.372. The topological polar surface area (TPSA) is 24.1 Å². The first-order valence-electron chi connectivity index (χ1n) is 5.58. The highest BCUT2D eigenvalue weighted by Crippen LogP contribution is 2.36. The van der Waals surface area contributed by atoms with E-state index in [1.165, 1.54) is 19.3 Å². The highest BCUT2D eigenvalue weighted by atomic mass is 32.1. The summed E-state index contributed by atoms with van der Waals surface area (Å²) in [6.07, 6.45) is 4.92. The molecule has 0 spiro atoms. The standard InChI is InChI=1S/C11H22N2S/c1-4-7-12-10(14)13-9-5-6-11(2,3)8-9/h9H,4-8H2,1-3H3,(H2,12,13,14). The van der Waals surface area contributed by atoms with Crippen molar-refractivity contribution in [3.05, 3.63) is 0 Å². The molecule has 1 aliphatic rings. The highest BCUT2D eigenvalue weighted by Gasteiger charge is 2.30. The molecule has 1 aliphatic carbocycles. The molecule has 0 aromatic rings. The minimum Gasteiger partial charge on any atom is -0.363 e. The molecule has 14 heavy (non-hydrogen) atoms. The second-order valence-electron chi connectivity index (χ2n) is 5.00. The Bertz CT molecular complexity index is 201. The van der Waals surface area contributed by atoms with Crippen molar-refractivity contribution in [2.24, 2.45) is 5.41 Å². The van der Waals surface area contributed by atoms with Gasteiger partial charge in [-0.2, -0.15) is 0 Å². The Kier molecular flexibility index (Phi) is 4.17. The van der Waals surface area contributed by atoms with Crippen molar-refractivity contribution in [3.63, 3.8) is 0 Å². The van der Waals surface area contributed by atoms with Crippen molar-refractivity contribution in [2.75, 3.05) is 6.54 Å². The van der Waals surface area contributed by atoms with Crippen molar-refractivity contribution in [3.8, 4) is 0 Å². The number of rotatable bonds is 3. The molecule has 2 N–H and O–H groups in total. The lowest BCUT2D eigenvalue weighted by Gasteiger charge is -2.19. The Balaban J connectivity index is 2.22. The third-order valence-electron chi connectivity index (χ3n) is 2.84. The van der Waals surface area contributed by atoms with E-state index in [1.807, 2.05) is 0 Å². The van der Waals surface area contributed by atoms with Gasteiger partial charge >= 0.3 is 0 Å². The summed E-state index contributed by atoms with van der Waals surface area (Å²) in [5.74, 6) is 0. The van der Waals surface area contributed by atoms with Crippen LogP contribution in [0.3, 0.4) is 0 Å². The van der Waals surface area contributed by atoms with E-state index >= 15 is 0 Å². The van der Waals surface area contributed by atoms with Crippen LogP contribution in [0.2, 0.25) is 0 Å². The quantitative estimate of drug-likeness (QED) is 0.706. The molecule has 1 fully saturated rings. The summed E-state index contributed by atoms with van der Waals surface area (Å²) in [4.78, 5) is 0. The monoisotopic (exact) mass is 214 g/mol. The Labute approximate surface area is 92.8 Å². The zero-order chi connectivity index (χ0) is 10.6. The summed E-state index contributed by atoms with van der Waals surface area (Å²) in [7, 11) is 0. The van der Waals surface area contributed by atoms with Crippen molar-refractivity contribution >= 4 is 17.3 Å². The van der Waals surface area contributed by atoms with Gasteiger partial charge in [0.05, 0.1) is 0 Å². The van der Waals surface area contributed by atoms with Gasteiger partial charge < -0.3 is 10.6 Å². The van der Waals surface area contributed by atoms with Gasteiger partial charge in [-0.1, -0.05) is 20.8 Å². The number of nitrogens with one attached hydrogen (secondary N) is 2. The molecule has 0 aromatic heterocycles. The first-order chi connectivity index (χ1) is 6.53. The molecule has 0 aromatic carbocycles. The predicted octanol–water partition coefficient (Wildman–Crippen LogP) is 2.44. The summed E-state index contributed by atoms with van der Waals surface area (Å²) in [6, 6.07) is 0.585. The largest absolute Gasteiger partial charge is 0.363 e. The number of hydrogen-bond donors (Lipinski definition) is 2. The summed E-state index contributed by atoms with van der Waals surface area (Å²) in [5.41, 5.74) is 0.498. The average Bonchev–Trinajstić information content (AvgIpc) is 2.42. The van der Waals surface area contributed by atoms with E-state index in [9.17, 15) is 0 Å². The fourth-order valence-electron chi connectivity index (χ4n) is 2.03. The van der Waals surface area contributed by atoms with Gasteiger partial charge in [-0.25, -0.2) is 0 Å². The Morgan fingerprint density at radius 1 is 1.50 bits per heavy atom. The maximum atomic E-state index is 5.21. The lowest BCUT2D eigenvalue weighted by Crippen LogP contribution is -2.41. The van der Waals surface area contributed by atoms with Crippen LogP contribution in [0, 0.1) is 5.41 Å². The molecule has 82 valence electrons. The molecule has 0 aliphatic heterocycles. The lowest BCUT2D eigenvalue weighted by atomic mass is 9.92. The van der Waals surface area contributed by atoms with Crippen LogP contribution in [0.5, 0.6) is 0 Å². The molecule has 0 bridgehead atoms. The van der Waals surface area contributed by atoms with E-state index in [-0.39, 0.29) is 0 Å². The molecule has 0 heterocycles. The van der Waals surface area contributed by atoms with Crippen molar-refractivity contribution in [1.29, 1.82) is 0 Å². The Morgan fingerprint density at radius 2 is 2.21 bits per heavy atom. The highest BCUT2D eigenvalue weighted by molar-refractivity contribution is 7.80. The molecule has 1 atom stereocenters. The van der Waals surface area contributed by atoms with Gasteiger partial charge in [0.1, 0.15) is 0 Å². The first-order valence-corrected chi connectivity index (χ1v) is 5.99. The normalized spacial score (nSPS) is 24.6. The van der Waals surface area contributed by atoms with Crippen molar-refractivity contribution in [1.82, 2.24) is 10.6 Å². The fourth-order valence-corrected chi connectivity index (χ4v) is 2.30. The van der Waals surface area contributed by atoms with Crippen LogP contribution >= 0.6 is 12.2 Å². The SMILES string of the molecule is CCCNC(=S)NC1CCC(C)(C)C1. The zero-order valence-electron chi connectivity index (χ0n) is 9.52. The molecule has 1 rings (SSSR count). The summed E-state index contributed by atoms with van der Waals surface area (Å²) in [5, 5.41) is 7.42. The van der Waals surface area contributed by atoms with Gasteiger partial charge in [-0.15, -0.1) is 0 Å². The summed E-state index contributed by atoms with van der Waals surface area (Å²) in [6.45, 7) is 7.78. The van der Waals surface area contributed by atoms with E-state index in [4.69, 9.17) is 12.2 Å². The molecular weight excluding hydrogens is 192 g/mol. The predicted molar refractivity (Wildman–Crippen MR) is 65.4 cm³/mol. The van der Waals surface area contributed by atoms with E-state index in [2.05, 4.69) is 31.4 Å². The molecule has 0 saturated heterocycles. The van der Waals surface area contributed by atoms with E-state index in [1.54, 1.807) is 0 Å². The maximum Gasteiger partial charge on any atom is 0.166 e. The van der Waals surface area contributed by atoms with Gasteiger partial charge in [0.15, 0.2) is 5.11 Å². The van der Waals surface area contributed by atoms with Crippen LogP contribution < -0.4 is 10.6 Å². The van der Waals surface area contributed by atoms with Gasteiger partial charge in [-0.05, 0) is 43.3 Å². The Morgan fingerprint density at radius 3 is 2.71 bits per heavy atom. The number of thiocarbonyl (C=S) groups is 1. The van der Waals surface area contributed by atoms with E-state index < -0.39 is 0 Å². The summed E-state index contributed by atoms with van der Waals surface area (Å²) < 4.78 is 0. The van der Waals surface area contributed by atoms with Crippen LogP contribution in [-0.2, 0) is 0 Å². The third kappa shape index (κ3) is 3.82. The van der Waals surface area contributed by atoms with Gasteiger partial charge in [0, 0.05) is 12.6 Å². The van der Waals surface area contributed by atoms with Crippen LogP contribution in [0.4, 0.5) is 0 Å². The van der Waals surface area contributed by atoms with E-state index in [0.717, 1.165) is 18.1 Å². The molecule has 2 nitrogen and oxygen atoms in total. The third-order valence-corrected chi connectivity index (χ3v) is 3.10. The second-order valence-corrected chi connectivity index (χ2v) is 5.41. The zero-order valence-corrected chi connectivity index (χ0v) is 10.3. The van der Waals surface area contributed by atoms with Crippen LogP contribution in [0.25, 0.3) is 0 Å².